The fourth-order valence-electron chi connectivity index (χ4n) is 1.23. The van der Waals surface area contributed by atoms with Crippen molar-refractivity contribution >= 4 is 23.9 Å². The number of ether oxygens (including phenoxy) is 4. The van der Waals surface area contributed by atoms with Crippen LogP contribution >= 0.6 is 0 Å². The molecule has 0 spiro atoms. The lowest BCUT2D eigenvalue weighted by Gasteiger charge is -2.15. The first-order valence-corrected chi connectivity index (χ1v) is 7.65. The summed E-state index contributed by atoms with van der Waals surface area (Å²) in [6.45, 7) is 7.62. The first kappa shape index (κ1) is 24.2. The van der Waals surface area contributed by atoms with E-state index in [1.54, 1.807) is 5.48 Å². The van der Waals surface area contributed by atoms with Gasteiger partial charge in [-0.1, -0.05) is 13.2 Å². The zero-order valence-electron chi connectivity index (χ0n) is 15.1. The molecule has 3 N–H and O–H groups in total. The zero-order valence-corrected chi connectivity index (χ0v) is 15.1. The number of hydrogen-bond donors (Lipinski definition) is 3. The smallest absolute Gasteiger partial charge is 0.417 e. The van der Waals surface area contributed by atoms with Crippen molar-refractivity contribution in [3.05, 3.63) is 24.3 Å². The highest BCUT2D eigenvalue weighted by atomic mass is 16.6. The molecule has 0 aromatic carbocycles. The third-order valence-electron chi connectivity index (χ3n) is 2.69. The summed E-state index contributed by atoms with van der Waals surface area (Å²) >= 11 is 0. The van der Waals surface area contributed by atoms with Gasteiger partial charge in [0.1, 0.15) is 38.6 Å². The fraction of sp³-hybridized carbons (Fsp3) is 0.500. The molecule has 0 aromatic heterocycles. The number of rotatable bonds is 11. The number of hydrogen-bond acceptors (Lipinski definition) is 11. The summed E-state index contributed by atoms with van der Waals surface area (Å²) in [7, 11) is 0. The number of nitrogens with one attached hydrogen (secondary N) is 1. The maximum Gasteiger partial charge on any atom is 0.417 e. The van der Waals surface area contributed by atoms with Crippen LogP contribution in [0.15, 0.2) is 24.3 Å². The monoisotopic (exact) mass is 389 g/mol. The number of aliphatic hydroxyl groups is 1. The summed E-state index contributed by atoms with van der Waals surface area (Å²) in [5, 5.41) is 18.4. The molecule has 11 heteroatoms. The van der Waals surface area contributed by atoms with Crippen molar-refractivity contribution in [1.82, 2.24) is 5.48 Å². The quantitative estimate of drug-likeness (QED) is 0.131. The minimum Gasteiger partial charge on any atom is -0.460 e. The van der Waals surface area contributed by atoms with Crippen LogP contribution in [0.25, 0.3) is 0 Å². The Balaban J connectivity index is 4.17. The van der Waals surface area contributed by atoms with E-state index in [0.29, 0.717) is 0 Å². The molecule has 0 saturated heterocycles. The molecule has 0 bridgehead atoms. The van der Waals surface area contributed by atoms with Crippen molar-refractivity contribution in [3.63, 3.8) is 0 Å². The Morgan fingerprint density at radius 1 is 0.778 bits per heavy atom. The molecule has 27 heavy (non-hydrogen) atoms. The minimum absolute atomic E-state index is 0.128. The molecule has 0 heterocycles. The normalized spacial score (nSPS) is 12.3. The molecular formula is C16H23NO10. The van der Waals surface area contributed by atoms with Gasteiger partial charge in [0, 0.05) is 11.1 Å². The topological polar surface area (TPSA) is 158 Å². The van der Waals surface area contributed by atoms with Crippen molar-refractivity contribution in [2.24, 2.45) is 0 Å². The van der Waals surface area contributed by atoms with Crippen molar-refractivity contribution in [3.8, 4) is 0 Å². The van der Waals surface area contributed by atoms with Crippen molar-refractivity contribution in [2.45, 2.75) is 26.0 Å². The molecule has 0 fully saturated rings. The lowest BCUT2D eigenvalue weighted by Crippen LogP contribution is -2.38. The second kappa shape index (κ2) is 12.6. The van der Waals surface area contributed by atoms with E-state index in [1.165, 1.54) is 13.8 Å². The highest BCUT2D eigenvalue weighted by Crippen LogP contribution is 1.98. The highest BCUT2D eigenvalue weighted by Gasteiger charge is 2.22. The van der Waals surface area contributed by atoms with Gasteiger partial charge in [-0.3, -0.25) is 0 Å². The number of aliphatic hydroxyl groups excluding tert-OH is 1. The predicted molar refractivity (Wildman–Crippen MR) is 88.2 cm³/mol. The van der Waals surface area contributed by atoms with Gasteiger partial charge in [0.15, 0.2) is 0 Å². The Hall–Kier alpha value is -2.76. The molecule has 2 unspecified atom stereocenters. The number of carbonyl (C=O) groups is 4. The zero-order chi connectivity index (χ0) is 21.0. The van der Waals surface area contributed by atoms with Crippen LogP contribution in [0.2, 0.25) is 0 Å². The number of carbonyl (C=O) groups excluding carboxylic acids is 4. The Morgan fingerprint density at radius 3 is 1.48 bits per heavy atom. The van der Waals surface area contributed by atoms with Crippen LogP contribution in [-0.2, 0) is 38.1 Å². The van der Waals surface area contributed by atoms with E-state index in [0.717, 1.165) is 0 Å². The Bertz CT molecular complexity index is 586. The van der Waals surface area contributed by atoms with E-state index in [2.05, 4.69) is 27.4 Å². The van der Waals surface area contributed by atoms with Crippen molar-refractivity contribution < 1.29 is 48.4 Å². The van der Waals surface area contributed by atoms with Gasteiger partial charge in [-0.15, -0.1) is 0 Å². The van der Waals surface area contributed by atoms with Crippen LogP contribution in [-0.4, -0.2) is 72.8 Å². The third kappa shape index (κ3) is 10.7. The van der Waals surface area contributed by atoms with Crippen LogP contribution in [0.1, 0.15) is 13.8 Å². The van der Waals surface area contributed by atoms with Gasteiger partial charge >= 0.3 is 23.9 Å². The fourth-order valence-corrected chi connectivity index (χ4v) is 1.23. The van der Waals surface area contributed by atoms with Crippen LogP contribution in [0.3, 0.4) is 0 Å². The minimum atomic E-state index is -1.41. The molecule has 0 aliphatic heterocycles. The summed E-state index contributed by atoms with van der Waals surface area (Å²) in [5.41, 5.74) is 2.01. The van der Waals surface area contributed by atoms with Gasteiger partial charge < -0.3 is 29.3 Å². The van der Waals surface area contributed by atoms with Gasteiger partial charge in [0.2, 0.25) is 0 Å². The summed E-state index contributed by atoms with van der Waals surface area (Å²) < 4.78 is 18.5. The number of hydroxylamine groups is 1. The van der Waals surface area contributed by atoms with Gasteiger partial charge in [-0.05, 0) is 13.8 Å². The van der Waals surface area contributed by atoms with E-state index in [1.807, 2.05) is 0 Å². The average molecular weight is 389 g/mol. The van der Waals surface area contributed by atoms with Gasteiger partial charge in [-0.25, -0.2) is 19.2 Å². The Labute approximate surface area is 155 Å². The van der Waals surface area contributed by atoms with Crippen LogP contribution in [0, 0.1) is 0 Å². The molecule has 2 atom stereocenters. The molecule has 0 aliphatic carbocycles. The van der Waals surface area contributed by atoms with E-state index in [4.69, 9.17) is 9.94 Å². The first-order chi connectivity index (χ1) is 12.6. The molecule has 152 valence electrons. The van der Waals surface area contributed by atoms with E-state index in [9.17, 15) is 24.3 Å². The first-order valence-electron chi connectivity index (χ1n) is 7.65. The van der Waals surface area contributed by atoms with Crippen molar-refractivity contribution in [2.75, 3.05) is 26.4 Å². The lowest BCUT2D eigenvalue weighted by molar-refractivity contribution is -0.171. The van der Waals surface area contributed by atoms with Gasteiger partial charge in [0.25, 0.3) is 0 Å². The molecule has 0 radical (unpaired) electrons. The molecule has 0 aliphatic rings. The molecule has 0 rings (SSSR count). The van der Waals surface area contributed by atoms with Crippen LogP contribution in [0.5, 0.6) is 0 Å². The average Bonchev–Trinajstić information content (AvgIpc) is 2.63. The predicted octanol–water partition coefficient (Wildman–Crippen LogP) is -0.980. The highest BCUT2D eigenvalue weighted by molar-refractivity contribution is 6.29. The molecule has 0 amide bonds. The second-order valence-electron chi connectivity index (χ2n) is 5.43. The van der Waals surface area contributed by atoms with Crippen molar-refractivity contribution in [1.29, 1.82) is 0 Å². The summed E-state index contributed by atoms with van der Waals surface area (Å²) in [5.74, 6) is -4.24. The summed E-state index contributed by atoms with van der Waals surface area (Å²) in [4.78, 5) is 45.3. The largest absolute Gasteiger partial charge is 0.460 e. The molecule has 0 aromatic rings. The van der Waals surface area contributed by atoms with E-state index < -0.39 is 55.8 Å². The van der Waals surface area contributed by atoms with Crippen LogP contribution in [0.4, 0.5) is 0 Å². The van der Waals surface area contributed by atoms with E-state index in [-0.39, 0.29) is 17.8 Å². The lowest BCUT2D eigenvalue weighted by atomic mass is 10.3. The summed E-state index contributed by atoms with van der Waals surface area (Å²) in [6, 6.07) is -0.989. The second-order valence-corrected chi connectivity index (χ2v) is 5.43. The molecule has 11 nitrogen and oxygen atoms in total. The maximum atomic E-state index is 11.5. The third-order valence-corrected chi connectivity index (χ3v) is 2.69. The maximum absolute atomic E-state index is 11.5. The van der Waals surface area contributed by atoms with E-state index >= 15 is 0 Å². The Morgan fingerprint density at radius 2 is 1.11 bits per heavy atom. The van der Waals surface area contributed by atoms with Gasteiger partial charge in [-0.2, -0.15) is 5.48 Å². The van der Waals surface area contributed by atoms with Crippen LogP contribution < -0.4 is 5.48 Å². The molecule has 0 saturated carbocycles. The SMILES string of the molecule is C=C(C)C(=O)OCC(O)COC(=O)C(=O)OCC(COC(=O)C(=C)C)NO. The molecular weight excluding hydrogens is 366 g/mol. The summed E-state index contributed by atoms with van der Waals surface area (Å²) in [6.07, 6.45) is -1.35. The Kier molecular flexibility index (Phi) is 11.3. The van der Waals surface area contributed by atoms with Gasteiger partial charge in [0.05, 0.1) is 0 Å². The standard InChI is InChI=1S/C16H23NO10/c1-9(2)13(19)24-5-11(17-23)6-25-15(21)16(22)27-8-12(18)7-26-14(20)10(3)4/h11-12,17-18,23H,1,3,5-8H2,2,4H3. The number of esters is 4.